The lowest BCUT2D eigenvalue weighted by molar-refractivity contribution is 0.600. The molecule has 0 aromatic heterocycles. The van der Waals surface area contributed by atoms with Crippen LogP contribution in [-0.4, -0.2) is 13.7 Å². The third kappa shape index (κ3) is 5.52. The van der Waals surface area contributed by atoms with Crippen molar-refractivity contribution in [1.82, 2.24) is 0 Å². The molecule has 3 nitrogen and oxygen atoms in total. The molecular formula is C16H18BrNO2S. The number of rotatable bonds is 7. The molecule has 0 saturated heterocycles. The van der Waals surface area contributed by atoms with Gasteiger partial charge in [-0.3, -0.25) is 4.72 Å². The van der Waals surface area contributed by atoms with Crippen LogP contribution in [0.5, 0.6) is 0 Å². The molecule has 2 aromatic rings. The molecule has 1 N–H and O–H groups in total. The van der Waals surface area contributed by atoms with Crippen molar-refractivity contribution >= 4 is 31.6 Å². The predicted octanol–water partition coefficient (Wildman–Crippen LogP) is 3.96. The monoisotopic (exact) mass is 367 g/mol. The minimum absolute atomic E-state index is 0.0144. The molecule has 0 atom stereocenters. The topological polar surface area (TPSA) is 46.2 Å². The summed E-state index contributed by atoms with van der Waals surface area (Å²) >= 11 is 3.40. The van der Waals surface area contributed by atoms with Crippen molar-refractivity contribution in [2.75, 3.05) is 10.1 Å². The molecular weight excluding hydrogens is 350 g/mol. The Bertz CT molecular complexity index is 672. The minimum atomic E-state index is -3.38. The molecule has 0 amide bonds. The number of alkyl halides is 1. The molecule has 2 rings (SSSR count). The van der Waals surface area contributed by atoms with E-state index in [4.69, 9.17) is 0 Å². The number of hydrogen-bond donors (Lipinski definition) is 1. The van der Waals surface area contributed by atoms with E-state index in [9.17, 15) is 8.42 Å². The van der Waals surface area contributed by atoms with Crippen molar-refractivity contribution in [1.29, 1.82) is 0 Å². The lowest BCUT2D eigenvalue weighted by atomic mass is 10.1. The van der Waals surface area contributed by atoms with E-state index in [1.54, 1.807) is 6.07 Å². The predicted molar refractivity (Wildman–Crippen MR) is 91.2 cm³/mol. The third-order valence-electron chi connectivity index (χ3n) is 3.00. The van der Waals surface area contributed by atoms with Crippen LogP contribution in [0.25, 0.3) is 0 Å². The molecule has 0 spiro atoms. The van der Waals surface area contributed by atoms with Gasteiger partial charge in [-0.25, -0.2) is 8.42 Å². The first kappa shape index (κ1) is 16.0. The highest BCUT2D eigenvalue weighted by molar-refractivity contribution is 9.09. The summed E-state index contributed by atoms with van der Waals surface area (Å²) < 4.78 is 27.0. The van der Waals surface area contributed by atoms with Crippen LogP contribution < -0.4 is 4.72 Å². The highest BCUT2D eigenvalue weighted by Crippen LogP contribution is 2.16. The van der Waals surface area contributed by atoms with Crippen LogP contribution in [-0.2, 0) is 22.2 Å². The summed E-state index contributed by atoms with van der Waals surface area (Å²) in [5, 5.41) is 0.941. The summed E-state index contributed by atoms with van der Waals surface area (Å²) in [4.78, 5) is 0. The van der Waals surface area contributed by atoms with Gasteiger partial charge in [0.25, 0.3) is 0 Å². The van der Waals surface area contributed by atoms with Gasteiger partial charge >= 0.3 is 0 Å². The molecule has 112 valence electrons. The Labute approximate surface area is 134 Å². The molecule has 0 heterocycles. The van der Waals surface area contributed by atoms with Gasteiger partial charge in [0.1, 0.15) is 0 Å². The average molecular weight is 368 g/mol. The third-order valence-corrected chi connectivity index (χ3v) is 4.82. The number of benzene rings is 2. The number of anilines is 1. The van der Waals surface area contributed by atoms with Gasteiger partial charge in [0.15, 0.2) is 0 Å². The first-order valence-electron chi connectivity index (χ1n) is 6.78. The van der Waals surface area contributed by atoms with Gasteiger partial charge < -0.3 is 0 Å². The summed E-state index contributed by atoms with van der Waals surface area (Å²) in [6, 6.07) is 16.7. The fourth-order valence-corrected chi connectivity index (χ4v) is 3.54. The maximum Gasteiger partial charge on any atom is 0.236 e. The number of nitrogens with one attached hydrogen (secondary N) is 1. The number of halogens is 1. The highest BCUT2D eigenvalue weighted by Gasteiger charge is 2.11. The van der Waals surface area contributed by atoms with Crippen molar-refractivity contribution in [3.05, 3.63) is 65.7 Å². The van der Waals surface area contributed by atoms with E-state index >= 15 is 0 Å². The minimum Gasteiger partial charge on any atom is -0.283 e. The maximum atomic E-state index is 12.2. The standard InChI is InChI=1S/C16H18BrNO2S/c17-11-5-9-14-8-4-10-16(12-14)18-21(19,20)13-15-6-2-1-3-7-15/h1-4,6-8,10,12,18H,5,9,11,13H2. The van der Waals surface area contributed by atoms with E-state index in [0.29, 0.717) is 5.69 Å². The molecule has 0 bridgehead atoms. The number of aryl methyl sites for hydroxylation is 1. The fourth-order valence-electron chi connectivity index (χ4n) is 2.07. The molecule has 0 radical (unpaired) electrons. The van der Waals surface area contributed by atoms with Crippen LogP contribution >= 0.6 is 15.9 Å². The first-order valence-corrected chi connectivity index (χ1v) is 9.56. The Morgan fingerprint density at radius 2 is 1.67 bits per heavy atom. The van der Waals surface area contributed by atoms with E-state index in [1.807, 2.05) is 48.5 Å². The van der Waals surface area contributed by atoms with Crippen LogP contribution in [0.15, 0.2) is 54.6 Å². The van der Waals surface area contributed by atoms with E-state index in [-0.39, 0.29) is 5.75 Å². The first-order chi connectivity index (χ1) is 10.1. The van der Waals surface area contributed by atoms with Crippen molar-refractivity contribution in [2.45, 2.75) is 18.6 Å². The van der Waals surface area contributed by atoms with Crippen molar-refractivity contribution in [3.63, 3.8) is 0 Å². The van der Waals surface area contributed by atoms with Crippen LogP contribution in [0.4, 0.5) is 5.69 Å². The summed E-state index contributed by atoms with van der Waals surface area (Å²) in [5.41, 5.74) is 2.54. The molecule has 0 fully saturated rings. The van der Waals surface area contributed by atoms with Crippen LogP contribution in [0.3, 0.4) is 0 Å². The molecule has 21 heavy (non-hydrogen) atoms. The lowest BCUT2D eigenvalue weighted by Gasteiger charge is -2.09. The zero-order valence-corrected chi connectivity index (χ0v) is 14.0. The van der Waals surface area contributed by atoms with Crippen molar-refractivity contribution < 1.29 is 8.42 Å². The lowest BCUT2D eigenvalue weighted by Crippen LogP contribution is -2.15. The Hall–Kier alpha value is -1.33. The van der Waals surface area contributed by atoms with E-state index in [0.717, 1.165) is 29.3 Å². The van der Waals surface area contributed by atoms with Gasteiger partial charge in [-0.05, 0) is 36.1 Å². The summed E-state index contributed by atoms with van der Waals surface area (Å²) in [7, 11) is -3.38. The zero-order valence-electron chi connectivity index (χ0n) is 11.6. The molecule has 0 unspecified atom stereocenters. The van der Waals surface area contributed by atoms with Crippen LogP contribution in [0.2, 0.25) is 0 Å². The quantitative estimate of drug-likeness (QED) is 0.752. The Morgan fingerprint density at radius 1 is 0.952 bits per heavy atom. The summed E-state index contributed by atoms with van der Waals surface area (Å²) in [6.07, 6.45) is 1.96. The second-order valence-electron chi connectivity index (χ2n) is 4.84. The Balaban J connectivity index is 2.06. The van der Waals surface area contributed by atoms with Crippen molar-refractivity contribution in [2.24, 2.45) is 0 Å². The fraction of sp³-hybridized carbons (Fsp3) is 0.250. The normalized spacial score (nSPS) is 11.3. The van der Waals surface area contributed by atoms with Gasteiger partial charge in [0, 0.05) is 11.0 Å². The van der Waals surface area contributed by atoms with E-state index < -0.39 is 10.0 Å². The molecule has 2 aromatic carbocycles. The van der Waals surface area contributed by atoms with E-state index in [2.05, 4.69) is 20.7 Å². The summed E-state index contributed by atoms with van der Waals surface area (Å²) in [6.45, 7) is 0. The smallest absolute Gasteiger partial charge is 0.236 e. The molecule has 0 aliphatic rings. The Kier molecular flexibility index (Phi) is 5.82. The Morgan fingerprint density at radius 3 is 2.38 bits per heavy atom. The SMILES string of the molecule is O=S(=O)(Cc1ccccc1)Nc1cccc(CCCBr)c1. The second-order valence-corrected chi connectivity index (χ2v) is 7.35. The molecule has 0 aliphatic heterocycles. The number of sulfonamides is 1. The maximum absolute atomic E-state index is 12.2. The summed E-state index contributed by atoms with van der Waals surface area (Å²) in [5.74, 6) is -0.0144. The van der Waals surface area contributed by atoms with Gasteiger partial charge in [0.05, 0.1) is 5.75 Å². The van der Waals surface area contributed by atoms with Crippen molar-refractivity contribution in [3.8, 4) is 0 Å². The van der Waals surface area contributed by atoms with Gasteiger partial charge in [0.2, 0.25) is 10.0 Å². The molecule has 5 heteroatoms. The van der Waals surface area contributed by atoms with Crippen LogP contribution in [0.1, 0.15) is 17.5 Å². The van der Waals surface area contributed by atoms with E-state index in [1.165, 1.54) is 0 Å². The largest absolute Gasteiger partial charge is 0.283 e. The van der Waals surface area contributed by atoms with Crippen LogP contribution in [0, 0.1) is 0 Å². The van der Waals surface area contributed by atoms with Gasteiger partial charge in [-0.1, -0.05) is 58.4 Å². The van der Waals surface area contributed by atoms with Gasteiger partial charge in [-0.15, -0.1) is 0 Å². The number of hydrogen-bond acceptors (Lipinski definition) is 2. The zero-order chi connectivity index (χ0) is 15.1. The molecule has 0 aliphatic carbocycles. The average Bonchev–Trinajstić information content (AvgIpc) is 2.45. The van der Waals surface area contributed by atoms with Gasteiger partial charge in [-0.2, -0.15) is 0 Å². The second kappa shape index (κ2) is 7.61. The molecule has 0 saturated carbocycles. The highest BCUT2D eigenvalue weighted by atomic mass is 79.9.